The highest BCUT2D eigenvalue weighted by Gasteiger charge is 2.24. The lowest BCUT2D eigenvalue weighted by molar-refractivity contribution is 0.103. The van der Waals surface area contributed by atoms with Crippen molar-refractivity contribution in [1.29, 1.82) is 0 Å². The van der Waals surface area contributed by atoms with Crippen LogP contribution in [-0.4, -0.2) is 20.0 Å². The molecule has 0 amide bonds. The smallest absolute Gasteiger partial charge is 0.193 e. The number of carbonyl (C=O) groups excluding carboxylic acids is 1. The van der Waals surface area contributed by atoms with Crippen molar-refractivity contribution in [2.24, 2.45) is 0 Å². The highest BCUT2D eigenvalue weighted by molar-refractivity contribution is 6.11. The van der Waals surface area contributed by atoms with Gasteiger partial charge in [-0.25, -0.2) is 0 Å². The van der Waals surface area contributed by atoms with Crippen LogP contribution in [0, 0.1) is 0 Å². The molecule has 0 heterocycles. The minimum Gasteiger partial charge on any atom is -0.497 e. The van der Waals surface area contributed by atoms with Crippen molar-refractivity contribution in [1.82, 2.24) is 0 Å². The van der Waals surface area contributed by atoms with Crippen LogP contribution >= 0.6 is 0 Å². The molecule has 3 heteroatoms. The molecule has 0 radical (unpaired) electrons. The Labute approximate surface area is 165 Å². The molecule has 2 aromatic rings. The molecular weight excluding hydrogens is 348 g/mol. The van der Waals surface area contributed by atoms with E-state index in [1.807, 2.05) is 60.7 Å². The summed E-state index contributed by atoms with van der Waals surface area (Å²) < 4.78 is 10.8. The van der Waals surface area contributed by atoms with Crippen LogP contribution < -0.4 is 9.47 Å². The molecule has 0 saturated heterocycles. The van der Waals surface area contributed by atoms with Gasteiger partial charge in [-0.15, -0.1) is 0 Å². The maximum absolute atomic E-state index is 13.6. The number of rotatable bonds is 6. The van der Waals surface area contributed by atoms with Crippen LogP contribution in [0.2, 0.25) is 0 Å². The largest absolute Gasteiger partial charge is 0.497 e. The van der Waals surface area contributed by atoms with E-state index in [1.165, 1.54) is 0 Å². The van der Waals surface area contributed by atoms with Gasteiger partial charge >= 0.3 is 0 Å². The van der Waals surface area contributed by atoms with E-state index < -0.39 is 0 Å². The van der Waals surface area contributed by atoms with Gasteiger partial charge in [0.15, 0.2) is 5.78 Å². The lowest BCUT2D eigenvalue weighted by atomic mass is 9.86. The SMILES string of the molecule is COc1ccc(C(=O)c2ccc(OC)cc2C2C=CC=C2)c(C2C=CC=C2)c1. The normalized spacial score (nSPS) is 15.5. The Kier molecular flexibility index (Phi) is 4.98. The summed E-state index contributed by atoms with van der Waals surface area (Å²) in [4.78, 5) is 13.6. The summed E-state index contributed by atoms with van der Waals surface area (Å²) >= 11 is 0. The predicted molar refractivity (Wildman–Crippen MR) is 111 cm³/mol. The third-order valence-corrected chi connectivity index (χ3v) is 5.22. The minimum absolute atomic E-state index is 0.0118. The molecule has 0 aliphatic heterocycles. The zero-order chi connectivity index (χ0) is 19.5. The monoisotopic (exact) mass is 370 g/mol. The number of hydrogen-bond donors (Lipinski definition) is 0. The number of hydrogen-bond acceptors (Lipinski definition) is 3. The van der Waals surface area contributed by atoms with Gasteiger partial charge in [0.05, 0.1) is 14.2 Å². The van der Waals surface area contributed by atoms with E-state index in [2.05, 4.69) is 24.3 Å². The first-order chi connectivity index (χ1) is 13.7. The molecule has 3 nitrogen and oxygen atoms in total. The molecular formula is C25H22O3. The van der Waals surface area contributed by atoms with Crippen LogP contribution in [0.25, 0.3) is 0 Å². The van der Waals surface area contributed by atoms with Gasteiger partial charge in [-0.2, -0.15) is 0 Å². The van der Waals surface area contributed by atoms with Gasteiger partial charge in [0.2, 0.25) is 0 Å². The molecule has 0 unspecified atom stereocenters. The van der Waals surface area contributed by atoms with Crippen LogP contribution in [-0.2, 0) is 0 Å². The summed E-state index contributed by atoms with van der Waals surface area (Å²) in [5, 5.41) is 0. The molecule has 0 aromatic heterocycles. The summed E-state index contributed by atoms with van der Waals surface area (Å²) in [6, 6.07) is 11.3. The first kappa shape index (κ1) is 18.1. The summed E-state index contributed by atoms with van der Waals surface area (Å²) in [5.41, 5.74) is 3.29. The van der Waals surface area contributed by atoms with E-state index >= 15 is 0 Å². The third-order valence-electron chi connectivity index (χ3n) is 5.22. The Balaban J connectivity index is 1.82. The Morgan fingerprint density at radius 2 is 1.07 bits per heavy atom. The third kappa shape index (κ3) is 3.31. The lowest BCUT2D eigenvalue weighted by Gasteiger charge is -2.18. The fourth-order valence-electron chi connectivity index (χ4n) is 3.72. The number of carbonyl (C=O) groups is 1. The fraction of sp³-hybridized carbons (Fsp3) is 0.160. The fourth-order valence-corrected chi connectivity index (χ4v) is 3.72. The number of allylic oxidation sites excluding steroid dienone is 8. The second-order valence-electron chi connectivity index (χ2n) is 6.83. The van der Waals surface area contributed by atoms with Crippen LogP contribution in [0.4, 0.5) is 0 Å². The molecule has 0 bridgehead atoms. The Bertz CT molecular complexity index is 919. The van der Waals surface area contributed by atoms with Crippen LogP contribution in [0.3, 0.4) is 0 Å². The zero-order valence-electron chi connectivity index (χ0n) is 16.0. The average Bonchev–Trinajstić information content (AvgIpc) is 3.46. The molecule has 140 valence electrons. The van der Waals surface area contributed by atoms with Gasteiger partial charge in [0, 0.05) is 23.0 Å². The lowest BCUT2D eigenvalue weighted by Crippen LogP contribution is -2.11. The first-order valence-electron chi connectivity index (χ1n) is 9.32. The summed E-state index contributed by atoms with van der Waals surface area (Å²) in [6.07, 6.45) is 16.4. The Hall–Kier alpha value is -3.33. The number of ether oxygens (including phenoxy) is 2. The van der Waals surface area contributed by atoms with Gasteiger partial charge in [-0.05, 0) is 47.5 Å². The first-order valence-corrected chi connectivity index (χ1v) is 9.32. The quantitative estimate of drug-likeness (QED) is 0.643. The van der Waals surface area contributed by atoms with E-state index in [9.17, 15) is 4.79 Å². The van der Waals surface area contributed by atoms with Crippen molar-refractivity contribution < 1.29 is 14.3 Å². The number of ketones is 1. The van der Waals surface area contributed by atoms with Crippen molar-refractivity contribution in [3.8, 4) is 11.5 Å². The second-order valence-corrected chi connectivity index (χ2v) is 6.83. The van der Waals surface area contributed by atoms with Crippen LogP contribution in [0.5, 0.6) is 11.5 Å². The number of methoxy groups -OCH3 is 2. The maximum atomic E-state index is 13.6. The molecule has 0 spiro atoms. The molecule has 0 N–H and O–H groups in total. The molecule has 28 heavy (non-hydrogen) atoms. The topological polar surface area (TPSA) is 35.5 Å². The highest BCUT2D eigenvalue weighted by atomic mass is 16.5. The predicted octanol–water partition coefficient (Wildman–Crippen LogP) is 5.35. The van der Waals surface area contributed by atoms with Gasteiger partial charge < -0.3 is 9.47 Å². The summed E-state index contributed by atoms with van der Waals surface area (Å²) in [6.45, 7) is 0. The van der Waals surface area contributed by atoms with Crippen molar-refractivity contribution in [2.75, 3.05) is 14.2 Å². The second kappa shape index (κ2) is 7.73. The number of benzene rings is 2. The van der Waals surface area contributed by atoms with Crippen LogP contribution in [0.15, 0.2) is 85.0 Å². The van der Waals surface area contributed by atoms with Crippen LogP contribution in [0.1, 0.15) is 38.9 Å². The van der Waals surface area contributed by atoms with E-state index in [-0.39, 0.29) is 17.6 Å². The van der Waals surface area contributed by atoms with Gasteiger partial charge in [-0.1, -0.05) is 48.6 Å². The van der Waals surface area contributed by atoms with E-state index in [4.69, 9.17) is 9.47 Å². The van der Waals surface area contributed by atoms with E-state index in [0.717, 1.165) is 22.6 Å². The van der Waals surface area contributed by atoms with Crippen molar-refractivity contribution in [3.05, 3.63) is 107 Å². The molecule has 2 aliphatic carbocycles. The molecule has 0 atom stereocenters. The van der Waals surface area contributed by atoms with E-state index in [0.29, 0.717) is 11.1 Å². The minimum atomic E-state index is 0.0118. The van der Waals surface area contributed by atoms with Crippen molar-refractivity contribution in [2.45, 2.75) is 11.8 Å². The maximum Gasteiger partial charge on any atom is 0.193 e. The van der Waals surface area contributed by atoms with E-state index in [1.54, 1.807) is 14.2 Å². The zero-order valence-corrected chi connectivity index (χ0v) is 16.0. The molecule has 2 aromatic carbocycles. The van der Waals surface area contributed by atoms with Gasteiger partial charge in [0.25, 0.3) is 0 Å². The standard InChI is InChI=1S/C25H22O3/c1-27-19-11-13-21(23(15-19)17-7-3-4-8-17)25(26)22-14-12-20(28-2)16-24(22)18-9-5-6-10-18/h3-18H,1-2H3. The van der Waals surface area contributed by atoms with Gasteiger partial charge in [0.1, 0.15) is 11.5 Å². The van der Waals surface area contributed by atoms with Crippen molar-refractivity contribution >= 4 is 5.78 Å². The summed E-state index contributed by atoms with van der Waals surface area (Å²) in [7, 11) is 3.28. The highest BCUT2D eigenvalue weighted by Crippen LogP contribution is 2.34. The molecule has 0 fully saturated rings. The Morgan fingerprint density at radius 1 is 0.679 bits per heavy atom. The average molecular weight is 370 g/mol. The van der Waals surface area contributed by atoms with Crippen molar-refractivity contribution in [3.63, 3.8) is 0 Å². The molecule has 4 rings (SSSR count). The molecule has 0 saturated carbocycles. The summed E-state index contributed by atoms with van der Waals surface area (Å²) in [5.74, 6) is 1.65. The van der Waals surface area contributed by atoms with Gasteiger partial charge in [-0.3, -0.25) is 4.79 Å². The Morgan fingerprint density at radius 3 is 1.43 bits per heavy atom. The molecule has 2 aliphatic rings.